The lowest BCUT2D eigenvalue weighted by molar-refractivity contribution is -0.122. The number of hydrogen-bond acceptors (Lipinski definition) is 1. The summed E-state index contributed by atoms with van der Waals surface area (Å²) in [5.41, 5.74) is 0.937. The van der Waals surface area contributed by atoms with Gasteiger partial charge >= 0.3 is 0 Å². The third kappa shape index (κ3) is 1.97. The van der Waals surface area contributed by atoms with Gasteiger partial charge in [0.2, 0.25) is 0 Å². The second kappa shape index (κ2) is 4.54. The summed E-state index contributed by atoms with van der Waals surface area (Å²) in [5.74, 6) is 2.20. The highest BCUT2D eigenvalue weighted by Gasteiger charge is 2.54. The highest BCUT2D eigenvalue weighted by atomic mass is 79.9. The molecule has 4 aliphatic rings. The van der Waals surface area contributed by atoms with E-state index in [1.165, 1.54) is 25.3 Å². The number of aliphatic hydroxyl groups excluding tert-OH is 1. The molecule has 1 N–H and O–H groups in total. The summed E-state index contributed by atoms with van der Waals surface area (Å²) < 4.78 is 13.9. The maximum Gasteiger partial charge on any atom is 0.137 e. The molecule has 0 saturated heterocycles. The van der Waals surface area contributed by atoms with Crippen molar-refractivity contribution in [1.82, 2.24) is 0 Å². The molecule has 5 rings (SSSR count). The average molecular weight is 339 g/mol. The van der Waals surface area contributed by atoms with Crippen LogP contribution in [0, 0.1) is 29.0 Å². The highest BCUT2D eigenvalue weighted by molar-refractivity contribution is 9.10. The second-order valence-corrected chi connectivity index (χ2v) is 8.21. The van der Waals surface area contributed by atoms with Gasteiger partial charge in [0.05, 0.1) is 10.6 Å². The van der Waals surface area contributed by atoms with Crippen LogP contribution >= 0.6 is 15.9 Å². The minimum absolute atomic E-state index is 0.0615. The van der Waals surface area contributed by atoms with E-state index in [9.17, 15) is 9.50 Å². The van der Waals surface area contributed by atoms with E-state index >= 15 is 0 Å². The lowest BCUT2D eigenvalue weighted by Gasteiger charge is -2.58. The summed E-state index contributed by atoms with van der Waals surface area (Å²) >= 11 is 3.24. The van der Waals surface area contributed by atoms with Crippen LogP contribution in [0.15, 0.2) is 22.7 Å². The van der Waals surface area contributed by atoms with Crippen molar-refractivity contribution in [2.24, 2.45) is 23.2 Å². The Morgan fingerprint density at radius 1 is 1.10 bits per heavy atom. The molecule has 3 heteroatoms. The monoisotopic (exact) mass is 338 g/mol. The minimum Gasteiger partial charge on any atom is -0.388 e. The van der Waals surface area contributed by atoms with Crippen molar-refractivity contribution in [3.05, 3.63) is 34.1 Å². The first-order valence-corrected chi connectivity index (χ1v) is 8.48. The van der Waals surface area contributed by atoms with Gasteiger partial charge in [0.25, 0.3) is 0 Å². The van der Waals surface area contributed by atoms with Gasteiger partial charge in [0.15, 0.2) is 0 Å². The molecule has 4 aliphatic carbocycles. The summed E-state index contributed by atoms with van der Waals surface area (Å²) in [6.45, 7) is 0. The van der Waals surface area contributed by atoms with Crippen LogP contribution in [-0.4, -0.2) is 5.11 Å². The van der Waals surface area contributed by atoms with E-state index < -0.39 is 6.10 Å². The Bertz CT molecular complexity index is 507. The molecular weight excluding hydrogens is 319 g/mol. The van der Waals surface area contributed by atoms with E-state index in [4.69, 9.17) is 0 Å². The summed E-state index contributed by atoms with van der Waals surface area (Å²) in [6.07, 6.45) is 7.17. The van der Waals surface area contributed by atoms with Crippen LogP contribution in [0.2, 0.25) is 0 Å². The molecule has 1 nitrogen and oxygen atoms in total. The Morgan fingerprint density at radius 3 is 2.15 bits per heavy atom. The van der Waals surface area contributed by atoms with Gasteiger partial charge in [-0.05, 0) is 89.9 Å². The predicted octanol–water partition coefficient (Wildman–Crippen LogP) is 4.84. The van der Waals surface area contributed by atoms with Crippen LogP contribution < -0.4 is 0 Å². The fourth-order valence-electron chi connectivity index (χ4n) is 5.55. The van der Waals surface area contributed by atoms with Gasteiger partial charge in [-0.15, -0.1) is 0 Å². The number of hydrogen-bond donors (Lipinski definition) is 1. The molecule has 1 aromatic rings. The molecule has 1 atom stereocenters. The zero-order valence-corrected chi connectivity index (χ0v) is 13.1. The summed E-state index contributed by atoms with van der Waals surface area (Å²) in [4.78, 5) is 0. The third-order valence-electron chi connectivity index (χ3n) is 5.93. The fraction of sp³-hybridized carbons (Fsp3) is 0.647. The van der Waals surface area contributed by atoms with Gasteiger partial charge in [-0.1, -0.05) is 6.07 Å². The molecule has 1 unspecified atom stereocenters. The molecule has 0 amide bonds. The van der Waals surface area contributed by atoms with Crippen molar-refractivity contribution in [2.75, 3.05) is 0 Å². The number of rotatable bonds is 2. The molecule has 4 bridgehead atoms. The lowest BCUT2D eigenvalue weighted by Crippen LogP contribution is -2.48. The largest absolute Gasteiger partial charge is 0.388 e. The SMILES string of the molecule is OC(c1ccc(F)c(Br)c1)C12CC3CC(CC(C3)C1)C2. The zero-order chi connectivity index (χ0) is 13.9. The molecule has 1 aromatic carbocycles. The van der Waals surface area contributed by atoms with Crippen molar-refractivity contribution in [3.63, 3.8) is 0 Å². The summed E-state index contributed by atoms with van der Waals surface area (Å²) in [7, 11) is 0. The normalized spacial score (nSPS) is 40.0. The maximum atomic E-state index is 13.4. The van der Waals surface area contributed by atoms with E-state index in [0.29, 0.717) is 4.47 Å². The molecule has 0 spiro atoms. The van der Waals surface area contributed by atoms with Gasteiger partial charge in [-0.2, -0.15) is 0 Å². The first-order chi connectivity index (χ1) is 9.56. The Kier molecular flexibility index (Phi) is 3.01. The molecule has 0 aliphatic heterocycles. The molecule has 4 saturated carbocycles. The highest BCUT2D eigenvalue weighted by Crippen LogP contribution is 2.64. The minimum atomic E-state index is -0.437. The second-order valence-electron chi connectivity index (χ2n) is 7.36. The van der Waals surface area contributed by atoms with Gasteiger partial charge in [-0.25, -0.2) is 4.39 Å². The predicted molar refractivity (Wildman–Crippen MR) is 79.7 cm³/mol. The first-order valence-electron chi connectivity index (χ1n) is 7.69. The van der Waals surface area contributed by atoms with Crippen LogP contribution in [-0.2, 0) is 0 Å². The topological polar surface area (TPSA) is 20.2 Å². The van der Waals surface area contributed by atoms with E-state index in [1.54, 1.807) is 12.1 Å². The quantitative estimate of drug-likeness (QED) is 0.818. The Morgan fingerprint density at radius 2 is 1.65 bits per heavy atom. The standard InChI is InChI=1S/C17H20BrFO/c18-14-6-13(1-2-15(14)19)16(20)17-7-10-3-11(8-17)5-12(4-10)9-17/h1-2,6,10-12,16,20H,3-5,7-9H2. The summed E-state index contributed by atoms with van der Waals surface area (Å²) in [6, 6.07) is 4.98. The van der Waals surface area contributed by atoms with E-state index in [2.05, 4.69) is 15.9 Å². The van der Waals surface area contributed by atoms with Crippen LogP contribution in [0.5, 0.6) is 0 Å². The number of aliphatic hydroxyl groups is 1. The fourth-order valence-corrected chi connectivity index (χ4v) is 5.95. The first kappa shape index (κ1) is 13.3. The van der Waals surface area contributed by atoms with Gasteiger partial charge in [0, 0.05) is 5.41 Å². The van der Waals surface area contributed by atoms with Crippen molar-refractivity contribution in [2.45, 2.75) is 44.6 Å². The van der Waals surface area contributed by atoms with E-state index in [0.717, 1.165) is 42.6 Å². The van der Waals surface area contributed by atoms with E-state index in [-0.39, 0.29) is 11.2 Å². The van der Waals surface area contributed by atoms with Crippen molar-refractivity contribution in [3.8, 4) is 0 Å². The number of halogens is 2. The van der Waals surface area contributed by atoms with E-state index in [1.807, 2.05) is 0 Å². The Hall–Kier alpha value is -0.410. The molecule has 0 aromatic heterocycles. The molecule has 108 valence electrons. The molecule has 0 heterocycles. The maximum absolute atomic E-state index is 13.4. The molecule has 20 heavy (non-hydrogen) atoms. The smallest absolute Gasteiger partial charge is 0.137 e. The van der Waals surface area contributed by atoms with Crippen molar-refractivity contribution < 1.29 is 9.50 Å². The Balaban J connectivity index is 1.67. The van der Waals surface area contributed by atoms with Gasteiger partial charge in [0.1, 0.15) is 5.82 Å². The third-order valence-corrected chi connectivity index (χ3v) is 6.53. The molecular formula is C17H20BrFO. The van der Waals surface area contributed by atoms with Crippen molar-refractivity contribution >= 4 is 15.9 Å². The van der Waals surface area contributed by atoms with Crippen LogP contribution in [0.4, 0.5) is 4.39 Å². The zero-order valence-electron chi connectivity index (χ0n) is 11.5. The van der Waals surface area contributed by atoms with Gasteiger partial charge in [-0.3, -0.25) is 0 Å². The summed E-state index contributed by atoms with van der Waals surface area (Å²) in [5, 5.41) is 11.0. The Labute approximate surface area is 127 Å². The lowest BCUT2D eigenvalue weighted by atomic mass is 9.47. The molecule has 4 fully saturated rings. The average Bonchev–Trinajstić information content (AvgIpc) is 2.39. The molecule has 0 radical (unpaired) electrons. The van der Waals surface area contributed by atoms with Crippen LogP contribution in [0.3, 0.4) is 0 Å². The van der Waals surface area contributed by atoms with Crippen LogP contribution in [0.25, 0.3) is 0 Å². The number of benzene rings is 1. The van der Waals surface area contributed by atoms with Gasteiger partial charge < -0.3 is 5.11 Å². The van der Waals surface area contributed by atoms with Crippen molar-refractivity contribution in [1.29, 1.82) is 0 Å². The van der Waals surface area contributed by atoms with Crippen LogP contribution in [0.1, 0.15) is 50.2 Å².